The van der Waals surface area contributed by atoms with Crippen molar-refractivity contribution in [2.24, 2.45) is 5.10 Å². The van der Waals surface area contributed by atoms with Crippen molar-refractivity contribution in [2.75, 3.05) is 25.2 Å². The van der Waals surface area contributed by atoms with Crippen LogP contribution in [0, 0.1) is 0 Å². The Morgan fingerprint density at radius 2 is 2.00 bits per heavy atom. The van der Waals surface area contributed by atoms with Crippen molar-refractivity contribution in [3.63, 3.8) is 0 Å². The summed E-state index contributed by atoms with van der Waals surface area (Å²) in [6.07, 6.45) is 1.43. The van der Waals surface area contributed by atoms with Gasteiger partial charge in [0.2, 0.25) is 0 Å². The predicted octanol–water partition coefficient (Wildman–Crippen LogP) is 3.41. The van der Waals surface area contributed by atoms with Gasteiger partial charge >= 0.3 is 0 Å². The lowest BCUT2D eigenvalue weighted by atomic mass is 10.2. The lowest BCUT2D eigenvalue weighted by Gasteiger charge is -2.10. The van der Waals surface area contributed by atoms with Gasteiger partial charge < -0.3 is 14.6 Å². The molecular weight excluding hydrogens is 384 g/mol. The molecule has 1 fully saturated rings. The number of nitrogens with one attached hydrogen (secondary N) is 1. The summed E-state index contributed by atoms with van der Waals surface area (Å²) >= 11 is 3.90. The number of ether oxygens (including phenoxy) is 2. The molecule has 8 heteroatoms. The van der Waals surface area contributed by atoms with Gasteiger partial charge in [-0.25, -0.2) is 5.43 Å². The Labute approximate surface area is 166 Å². The van der Waals surface area contributed by atoms with Gasteiger partial charge in [0, 0.05) is 11.5 Å². The highest BCUT2D eigenvalue weighted by molar-refractivity contribution is 8.19. The second-order valence-electron chi connectivity index (χ2n) is 5.66. The summed E-state index contributed by atoms with van der Waals surface area (Å²) in [5, 5.41) is 13.6. The Balaban J connectivity index is 1.44. The van der Waals surface area contributed by atoms with E-state index in [1.807, 2.05) is 47.8 Å². The largest absolute Gasteiger partial charge is 0.504 e. The molecule has 1 aliphatic heterocycles. The number of hydrazone groups is 1. The first-order chi connectivity index (χ1) is 13.2. The summed E-state index contributed by atoms with van der Waals surface area (Å²) in [4.78, 5) is 11.8. The minimum absolute atomic E-state index is 0.00830. The molecule has 1 amide bonds. The average Bonchev–Trinajstić information content (AvgIpc) is 3.22. The van der Waals surface area contributed by atoms with E-state index in [2.05, 4.69) is 10.5 Å². The predicted molar refractivity (Wildman–Crippen MR) is 110 cm³/mol. The highest BCUT2D eigenvalue weighted by Crippen LogP contribution is 2.45. The van der Waals surface area contributed by atoms with Crippen molar-refractivity contribution in [3.8, 4) is 17.2 Å². The number of phenols is 1. The third-order valence-corrected chi connectivity index (χ3v) is 6.85. The highest BCUT2D eigenvalue weighted by Gasteiger charge is 2.17. The molecule has 0 atom stereocenters. The summed E-state index contributed by atoms with van der Waals surface area (Å²) < 4.78 is 10.9. The summed E-state index contributed by atoms with van der Waals surface area (Å²) in [7, 11) is 1.48. The van der Waals surface area contributed by atoms with E-state index in [0.717, 1.165) is 0 Å². The fraction of sp³-hybridized carbons (Fsp3) is 0.263. The molecule has 2 aromatic carbocycles. The SMILES string of the molecule is COc1ccc(/C=N\NC(=O)COc2ccc(C3SCCS3)cc2)cc1O. The van der Waals surface area contributed by atoms with Crippen LogP contribution in [0.1, 0.15) is 15.7 Å². The Morgan fingerprint density at radius 1 is 1.26 bits per heavy atom. The first-order valence-electron chi connectivity index (χ1n) is 8.30. The molecule has 27 heavy (non-hydrogen) atoms. The van der Waals surface area contributed by atoms with Gasteiger partial charge in [-0.15, -0.1) is 23.5 Å². The molecule has 142 valence electrons. The van der Waals surface area contributed by atoms with E-state index in [1.165, 1.54) is 36.5 Å². The van der Waals surface area contributed by atoms with Crippen LogP contribution in [0.4, 0.5) is 0 Å². The normalized spacial score (nSPS) is 14.4. The fourth-order valence-corrected chi connectivity index (χ4v) is 5.28. The van der Waals surface area contributed by atoms with Crippen molar-refractivity contribution < 1.29 is 19.4 Å². The zero-order valence-corrected chi connectivity index (χ0v) is 16.4. The van der Waals surface area contributed by atoms with Gasteiger partial charge in [0.25, 0.3) is 5.91 Å². The topological polar surface area (TPSA) is 80.2 Å². The Bertz CT molecular complexity index is 806. The second-order valence-corrected chi connectivity index (χ2v) is 8.38. The third kappa shape index (κ3) is 5.58. The number of hydrogen-bond donors (Lipinski definition) is 2. The smallest absolute Gasteiger partial charge is 0.277 e. The fourth-order valence-electron chi connectivity index (χ4n) is 2.42. The molecule has 0 spiro atoms. The monoisotopic (exact) mass is 404 g/mol. The number of phenolic OH excluding ortho intramolecular Hbond substituents is 1. The molecular formula is C19H20N2O4S2. The van der Waals surface area contributed by atoms with Crippen LogP contribution < -0.4 is 14.9 Å². The maximum Gasteiger partial charge on any atom is 0.277 e. The van der Waals surface area contributed by atoms with Crippen LogP contribution in [-0.2, 0) is 4.79 Å². The number of hydrogen-bond acceptors (Lipinski definition) is 7. The number of carbonyl (C=O) groups excluding carboxylic acids is 1. The standard InChI is InChI=1S/C19H20N2O4S2/c1-24-17-7-2-13(10-16(17)22)11-20-21-18(23)12-25-15-5-3-14(4-6-15)19-26-8-9-27-19/h2-7,10-11,19,22H,8-9,12H2,1H3,(H,21,23)/b20-11-. The molecule has 0 unspecified atom stereocenters. The van der Waals surface area contributed by atoms with Crippen LogP contribution >= 0.6 is 23.5 Å². The van der Waals surface area contributed by atoms with Crippen molar-refractivity contribution in [3.05, 3.63) is 53.6 Å². The van der Waals surface area contributed by atoms with Crippen LogP contribution in [0.15, 0.2) is 47.6 Å². The lowest BCUT2D eigenvalue weighted by molar-refractivity contribution is -0.123. The number of methoxy groups -OCH3 is 1. The molecule has 2 N–H and O–H groups in total. The summed E-state index contributed by atoms with van der Waals surface area (Å²) in [6, 6.07) is 12.7. The van der Waals surface area contributed by atoms with Gasteiger partial charge in [-0.3, -0.25) is 4.79 Å². The number of aromatic hydroxyl groups is 1. The van der Waals surface area contributed by atoms with Crippen molar-refractivity contribution in [1.82, 2.24) is 5.43 Å². The highest BCUT2D eigenvalue weighted by atomic mass is 32.2. The molecule has 0 radical (unpaired) electrons. The van der Waals surface area contributed by atoms with E-state index < -0.39 is 0 Å². The molecule has 3 rings (SSSR count). The molecule has 6 nitrogen and oxygen atoms in total. The van der Waals surface area contributed by atoms with E-state index >= 15 is 0 Å². The minimum Gasteiger partial charge on any atom is -0.504 e. The second kappa shape index (κ2) is 9.57. The van der Waals surface area contributed by atoms with E-state index in [0.29, 0.717) is 21.6 Å². The Kier molecular flexibility index (Phi) is 6.89. The molecule has 0 bridgehead atoms. The average molecular weight is 405 g/mol. The summed E-state index contributed by atoms with van der Waals surface area (Å²) in [5.41, 5.74) is 4.29. The molecule has 1 aliphatic rings. The maximum absolute atomic E-state index is 11.8. The van der Waals surface area contributed by atoms with Crippen molar-refractivity contribution >= 4 is 35.6 Å². The van der Waals surface area contributed by atoms with E-state index in [-0.39, 0.29) is 18.3 Å². The Morgan fingerprint density at radius 3 is 2.67 bits per heavy atom. The molecule has 0 saturated carbocycles. The van der Waals surface area contributed by atoms with E-state index in [9.17, 15) is 9.90 Å². The van der Waals surface area contributed by atoms with Crippen LogP contribution in [-0.4, -0.2) is 42.5 Å². The van der Waals surface area contributed by atoms with E-state index in [4.69, 9.17) is 9.47 Å². The molecule has 0 aromatic heterocycles. The van der Waals surface area contributed by atoms with Crippen LogP contribution in [0.5, 0.6) is 17.2 Å². The van der Waals surface area contributed by atoms with Crippen molar-refractivity contribution in [2.45, 2.75) is 4.58 Å². The molecule has 1 saturated heterocycles. The zero-order valence-electron chi connectivity index (χ0n) is 14.8. The maximum atomic E-state index is 11.8. The number of benzene rings is 2. The van der Waals surface area contributed by atoms with Crippen LogP contribution in [0.3, 0.4) is 0 Å². The van der Waals surface area contributed by atoms with Crippen LogP contribution in [0.2, 0.25) is 0 Å². The number of rotatable bonds is 7. The number of thioether (sulfide) groups is 2. The van der Waals surface area contributed by atoms with Gasteiger partial charge in [-0.2, -0.15) is 5.10 Å². The van der Waals surface area contributed by atoms with Gasteiger partial charge in [0.05, 0.1) is 17.9 Å². The van der Waals surface area contributed by atoms with Crippen molar-refractivity contribution in [1.29, 1.82) is 0 Å². The van der Waals surface area contributed by atoms with E-state index in [1.54, 1.807) is 12.1 Å². The zero-order chi connectivity index (χ0) is 19.1. The Hall–Kier alpha value is -2.32. The van der Waals surface area contributed by atoms with Gasteiger partial charge in [0.1, 0.15) is 5.75 Å². The van der Waals surface area contributed by atoms with Gasteiger partial charge in [-0.05, 0) is 41.5 Å². The molecule has 0 aliphatic carbocycles. The first kappa shape index (κ1) is 19.4. The number of amides is 1. The van der Waals surface area contributed by atoms with Gasteiger partial charge in [-0.1, -0.05) is 12.1 Å². The third-order valence-electron chi connectivity index (χ3n) is 3.75. The minimum atomic E-state index is -0.366. The first-order valence-corrected chi connectivity index (χ1v) is 10.4. The lowest BCUT2D eigenvalue weighted by Crippen LogP contribution is -2.24. The van der Waals surface area contributed by atoms with Gasteiger partial charge in [0.15, 0.2) is 18.1 Å². The number of carbonyl (C=O) groups is 1. The number of nitrogens with zero attached hydrogens (tertiary/aromatic N) is 1. The molecule has 1 heterocycles. The quantitative estimate of drug-likeness (QED) is 0.544. The summed E-state index contributed by atoms with van der Waals surface area (Å²) in [6.45, 7) is -0.128. The summed E-state index contributed by atoms with van der Waals surface area (Å²) in [5.74, 6) is 3.03. The molecule has 2 aromatic rings. The van der Waals surface area contributed by atoms with Crippen LogP contribution in [0.25, 0.3) is 0 Å².